The molecule has 1 aromatic rings. The van der Waals surface area contributed by atoms with Crippen LogP contribution in [0.15, 0.2) is 18.2 Å². The van der Waals surface area contributed by atoms with Gasteiger partial charge in [0.2, 0.25) is 0 Å². The van der Waals surface area contributed by atoms with Crippen molar-refractivity contribution in [1.82, 2.24) is 5.32 Å². The van der Waals surface area contributed by atoms with E-state index < -0.39 is 9.84 Å². The molecule has 7 heteroatoms. The minimum Gasteiger partial charge on any atom is -0.335 e. The van der Waals surface area contributed by atoms with Gasteiger partial charge in [-0.2, -0.15) is 0 Å². The normalized spacial score (nSPS) is 21.5. The second kappa shape index (κ2) is 7.12. The topological polar surface area (TPSA) is 92.3 Å². The van der Waals surface area contributed by atoms with Gasteiger partial charge in [0.1, 0.15) is 16.1 Å². The second-order valence-corrected chi connectivity index (χ2v) is 8.36. The Hall–Kier alpha value is -1.89. The largest absolute Gasteiger partial charge is 0.335 e. The Kier molecular flexibility index (Phi) is 5.41. The predicted octanol–water partition coefficient (Wildman–Crippen LogP) is 2.28. The summed E-state index contributed by atoms with van der Waals surface area (Å²) in [6.45, 7) is 1.77. The number of nitrogens with one attached hydrogen (secondary N) is 2. The lowest BCUT2D eigenvalue weighted by Crippen LogP contribution is -2.42. The monoisotopic (exact) mass is 338 g/mol. The minimum atomic E-state index is -3.00. The summed E-state index contributed by atoms with van der Waals surface area (Å²) in [6.07, 6.45) is 4.47. The van der Waals surface area contributed by atoms with Crippen molar-refractivity contribution >= 4 is 27.8 Å². The summed E-state index contributed by atoms with van der Waals surface area (Å²) in [7, 11) is -3.00. The average Bonchev–Trinajstić information content (AvgIpc) is 2.49. The highest BCUT2D eigenvalue weighted by atomic mass is 32.2. The van der Waals surface area contributed by atoms with Gasteiger partial charge in [0, 0.05) is 23.5 Å². The second-order valence-electron chi connectivity index (χ2n) is 6.04. The molecule has 2 rings (SSSR count). The van der Waals surface area contributed by atoms with Crippen LogP contribution in [-0.4, -0.2) is 38.3 Å². The molecule has 126 valence electrons. The molecular formula is C16H22N2O4S. The molecule has 23 heavy (non-hydrogen) atoms. The SMILES string of the molecule is Cc1c(C=O)cccc1NC(=O)NC1CCC(S(C)(=O)=O)CC1. The number of benzene rings is 1. The third-order valence-corrected chi connectivity index (χ3v) is 6.05. The summed E-state index contributed by atoms with van der Waals surface area (Å²) < 4.78 is 23.1. The molecule has 0 heterocycles. The lowest BCUT2D eigenvalue weighted by Gasteiger charge is -2.28. The van der Waals surface area contributed by atoms with E-state index in [1.807, 2.05) is 0 Å². The number of sulfone groups is 1. The van der Waals surface area contributed by atoms with Gasteiger partial charge >= 0.3 is 6.03 Å². The number of amides is 2. The molecule has 0 radical (unpaired) electrons. The van der Waals surface area contributed by atoms with Crippen LogP contribution in [0.3, 0.4) is 0 Å². The number of aldehydes is 1. The number of hydrogen-bond acceptors (Lipinski definition) is 4. The molecule has 1 saturated carbocycles. The van der Waals surface area contributed by atoms with Crippen LogP contribution in [0.2, 0.25) is 0 Å². The summed E-state index contributed by atoms with van der Waals surface area (Å²) in [6, 6.07) is 4.78. The minimum absolute atomic E-state index is 0.0254. The molecule has 1 aliphatic carbocycles. The number of carbonyl (C=O) groups is 2. The van der Waals surface area contributed by atoms with E-state index in [2.05, 4.69) is 10.6 Å². The first-order valence-corrected chi connectivity index (χ1v) is 9.58. The van der Waals surface area contributed by atoms with E-state index in [1.165, 1.54) is 6.26 Å². The van der Waals surface area contributed by atoms with Gasteiger partial charge in [-0.05, 0) is 44.2 Å². The Balaban J connectivity index is 1.90. The van der Waals surface area contributed by atoms with E-state index >= 15 is 0 Å². The molecule has 0 atom stereocenters. The molecular weight excluding hydrogens is 316 g/mol. The molecule has 1 aliphatic rings. The van der Waals surface area contributed by atoms with Crippen LogP contribution in [0.4, 0.5) is 10.5 Å². The van der Waals surface area contributed by atoms with Crippen LogP contribution in [0.25, 0.3) is 0 Å². The molecule has 0 saturated heterocycles. The van der Waals surface area contributed by atoms with Crippen molar-refractivity contribution in [2.24, 2.45) is 0 Å². The van der Waals surface area contributed by atoms with Gasteiger partial charge in [0.15, 0.2) is 0 Å². The summed E-state index contributed by atoms with van der Waals surface area (Å²) in [4.78, 5) is 23.0. The Morgan fingerprint density at radius 2 is 1.87 bits per heavy atom. The fourth-order valence-electron chi connectivity index (χ4n) is 2.90. The third kappa shape index (κ3) is 4.54. The zero-order valence-corrected chi connectivity index (χ0v) is 14.2. The smallest absolute Gasteiger partial charge is 0.319 e. The highest BCUT2D eigenvalue weighted by molar-refractivity contribution is 7.91. The van der Waals surface area contributed by atoms with Gasteiger partial charge < -0.3 is 10.6 Å². The van der Waals surface area contributed by atoms with Crippen LogP contribution in [0, 0.1) is 6.92 Å². The summed E-state index contributed by atoms with van der Waals surface area (Å²) in [5, 5.41) is 5.32. The first-order valence-electron chi connectivity index (χ1n) is 7.62. The van der Waals surface area contributed by atoms with Crippen LogP contribution < -0.4 is 10.6 Å². The molecule has 0 aliphatic heterocycles. The van der Waals surface area contributed by atoms with Crippen molar-refractivity contribution < 1.29 is 18.0 Å². The maximum Gasteiger partial charge on any atom is 0.319 e. The Morgan fingerprint density at radius 3 is 2.43 bits per heavy atom. The maximum atomic E-state index is 12.1. The van der Waals surface area contributed by atoms with Crippen LogP contribution in [-0.2, 0) is 9.84 Å². The zero-order valence-electron chi connectivity index (χ0n) is 13.3. The lowest BCUT2D eigenvalue weighted by atomic mass is 9.95. The third-order valence-electron chi connectivity index (χ3n) is 4.37. The molecule has 1 aromatic carbocycles. The standard InChI is InChI=1S/C16H22N2O4S/c1-11-12(10-19)4-3-5-15(11)18-16(20)17-13-6-8-14(9-7-13)23(2,21)22/h3-5,10,13-14H,6-9H2,1-2H3,(H2,17,18,20). The van der Waals surface area contributed by atoms with Gasteiger partial charge in [0.25, 0.3) is 0 Å². The van der Waals surface area contributed by atoms with Gasteiger partial charge in [-0.25, -0.2) is 13.2 Å². The van der Waals surface area contributed by atoms with E-state index in [9.17, 15) is 18.0 Å². The fourth-order valence-corrected chi connectivity index (χ4v) is 4.02. The maximum absolute atomic E-state index is 12.1. The van der Waals surface area contributed by atoms with Crippen LogP contribution in [0.5, 0.6) is 0 Å². The van der Waals surface area contributed by atoms with Gasteiger partial charge in [-0.1, -0.05) is 12.1 Å². The van der Waals surface area contributed by atoms with Crippen molar-refractivity contribution in [3.63, 3.8) is 0 Å². The van der Waals surface area contributed by atoms with Crippen molar-refractivity contribution in [3.05, 3.63) is 29.3 Å². The first kappa shape index (κ1) is 17.5. The lowest BCUT2D eigenvalue weighted by molar-refractivity contribution is 0.112. The highest BCUT2D eigenvalue weighted by Crippen LogP contribution is 2.24. The van der Waals surface area contributed by atoms with Gasteiger partial charge in [-0.15, -0.1) is 0 Å². The van der Waals surface area contributed by atoms with Crippen LogP contribution in [0.1, 0.15) is 41.6 Å². The van der Waals surface area contributed by atoms with Gasteiger partial charge in [-0.3, -0.25) is 4.79 Å². The van der Waals surface area contributed by atoms with E-state index in [0.29, 0.717) is 36.9 Å². The zero-order chi connectivity index (χ0) is 17.0. The molecule has 1 fully saturated rings. The van der Waals surface area contributed by atoms with Crippen molar-refractivity contribution in [3.8, 4) is 0 Å². The van der Waals surface area contributed by atoms with E-state index in [0.717, 1.165) is 11.8 Å². The molecule has 2 amide bonds. The molecule has 0 spiro atoms. The Bertz CT molecular complexity index is 692. The summed E-state index contributed by atoms with van der Waals surface area (Å²) in [5.74, 6) is 0. The van der Waals surface area contributed by atoms with Crippen molar-refractivity contribution in [1.29, 1.82) is 0 Å². The van der Waals surface area contributed by atoms with E-state index in [-0.39, 0.29) is 17.3 Å². The average molecular weight is 338 g/mol. The number of urea groups is 1. The highest BCUT2D eigenvalue weighted by Gasteiger charge is 2.28. The Morgan fingerprint density at radius 1 is 1.22 bits per heavy atom. The molecule has 0 aromatic heterocycles. The van der Waals surface area contributed by atoms with Crippen molar-refractivity contribution in [2.45, 2.75) is 43.9 Å². The molecule has 2 N–H and O–H groups in total. The summed E-state index contributed by atoms with van der Waals surface area (Å²) in [5.41, 5.74) is 1.85. The van der Waals surface area contributed by atoms with E-state index in [4.69, 9.17) is 0 Å². The molecule has 0 unspecified atom stereocenters. The predicted molar refractivity (Wildman–Crippen MR) is 89.6 cm³/mol. The number of hydrogen-bond donors (Lipinski definition) is 2. The van der Waals surface area contributed by atoms with Gasteiger partial charge in [0.05, 0.1) is 5.25 Å². The van der Waals surface area contributed by atoms with Crippen molar-refractivity contribution in [2.75, 3.05) is 11.6 Å². The Labute approximate surface area is 136 Å². The van der Waals surface area contributed by atoms with E-state index in [1.54, 1.807) is 25.1 Å². The summed E-state index contributed by atoms with van der Waals surface area (Å²) >= 11 is 0. The molecule has 6 nitrogen and oxygen atoms in total. The number of rotatable bonds is 4. The van der Waals surface area contributed by atoms with Crippen LogP contribution >= 0.6 is 0 Å². The number of carbonyl (C=O) groups excluding carboxylic acids is 2. The first-order chi connectivity index (χ1) is 10.8. The quantitative estimate of drug-likeness (QED) is 0.824. The fraction of sp³-hybridized carbons (Fsp3) is 0.500. The molecule has 0 bridgehead atoms. The number of anilines is 1.